The van der Waals surface area contributed by atoms with Crippen LogP contribution in [0.2, 0.25) is 0 Å². The number of carbonyl (C=O) groups is 1. The quantitative estimate of drug-likeness (QED) is 0.638. The highest BCUT2D eigenvalue weighted by Crippen LogP contribution is 2.36. The third-order valence-electron chi connectivity index (χ3n) is 6.50. The highest BCUT2D eigenvalue weighted by Gasteiger charge is 2.41. The molecule has 0 N–H and O–H groups in total. The van der Waals surface area contributed by atoms with Gasteiger partial charge in [-0.15, -0.1) is 0 Å². The summed E-state index contributed by atoms with van der Waals surface area (Å²) in [5.41, 5.74) is 0.243. The van der Waals surface area contributed by atoms with E-state index in [1.54, 1.807) is 4.90 Å². The Morgan fingerprint density at radius 2 is 1.84 bits per heavy atom. The minimum Gasteiger partial charge on any atom is -0.336 e. The first kappa shape index (κ1) is 22.3. The number of halogens is 4. The van der Waals surface area contributed by atoms with E-state index in [0.717, 1.165) is 25.7 Å². The number of alkyl halides is 3. The highest BCUT2D eigenvalue weighted by atomic mass is 19.4. The molecule has 1 aromatic carbocycles. The molecule has 1 amide bonds. The molecule has 0 bridgehead atoms. The number of fused-ring (bicyclic) bond motifs is 1. The molecule has 1 aromatic heterocycles. The summed E-state index contributed by atoms with van der Waals surface area (Å²) in [5, 5.41) is 12.9. The van der Waals surface area contributed by atoms with Crippen molar-refractivity contribution < 1.29 is 22.4 Å². The van der Waals surface area contributed by atoms with Gasteiger partial charge >= 0.3 is 6.18 Å². The Kier molecular flexibility index (Phi) is 6.22. The van der Waals surface area contributed by atoms with Gasteiger partial charge in [0.15, 0.2) is 5.69 Å². The van der Waals surface area contributed by atoms with Gasteiger partial charge < -0.3 is 4.90 Å². The maximum atomic E-state index is 13.6. The van der Waals surface area contributed by atoms with Crippen molar-refractivity contribution >= 4 is 5.91 Å². The molecule has 32 heavy (non-hydrogen) atoms. The molecule has 0 saturated heterocycles. The van der Waals surface area contributed by atoms with Gasteiger partial charge in [0, 0.05) is 24.4 Å². The zero-order valence-electron chi connectivity index (χ0n) is 17.5. The van der Waals surface area contributed by atoms with Crippen molar-refractivity contribution in [2.75, 3.05) is 6.54 Å². The smallest absolute Gasteiger partial charge is 0.336 e. The van der Waals surface area contributed by atoms with Gasteiger partial charge in [-0.25, -0.2) is 4.39 Å². The largest absolute Gasteiger partial charge is 0.435 e. The van der Waals surface area contributed by atoms with Crippen LogP contribution in [0.4, 0.5) is 17.6 Å². The molecule has 1 aliphatic carbocycles. The second kappa shape index (κ2) is 8.93. The number of rotatable bonds is 4. The summed E-state index contributed by atoms with van der Waals surface area (Å²) in [6, 6.07) is 7.82. The first-order valence-corrected chi connectivity index (χ1v) is 10.8. The van der Waals surface area contributed by atoms with Gasteiger partial charge in [-0.2, -0.15) is 23.5 Å². The molecular weight excluding hydrogens is 424 g/mol. The summed E-state index contributed by atoms with van der Waals surface area (Å²) in [7, 11) is 0. The lowest BCUT2D eigenvalue weighted by Crippen LogP contribution is -2.38. The van der Waals surface area contributed by atoms with Crippen LogP contribution in [0.1, 0.15) is 54.6 Å². The fraction of sp³-hybridized carbons (Fsp3) is 0.522. The molecule has 1 fully saturated rings. The number of aromatic nitrogens is 2. The summed E-state index contributed by atoms with van der Waals surface area (Å²) >= 11 is 0. The first-order valence-electron chi connectivity index (χ1n) is 10.8. The average molecular weight is 448 g/mol. The minimum absolute atomic E-state index is 0.0560. The summed E-state index contributed by atoms with van der Waals surface area (Å²) in [6.07, 6.45) is -0.903. The minimum atomic E-state index is -4.58. The summed E-state index contributed by atoms with van der Waals surface area (Å²) < 4.78 is 55.2. The molecule has 2 aliphatic rings. The molecule has 4 rings (SSSR count). The van der Waals surface area contributed by atoms with Crippen LogP contribution in [0, 0.1) is 29.0 Å². The van der Waals surface area contributed by atoms with Crippen LogP contribution in [0.3, 0.4) is 0 Å². The lowest BCUT2D eigenvalue weighted by molar-refractivity contribution is -0.142. The van der Waals surface area contributed by atoms with Gasteiger partial charge in [-0.1, -0.05) is 12.1 Å². The van der Waals surface area contributed by atoms with Crippen molar-refractivity contribution in [2.24, 2.45) is 11.8 Å². The number of hydrogen-bond donors (Lipinski definition) is 0. The molecular formula is C23H24F4N4O. The molecule has 2 aromatic rings. The molecule has 1 aliphatic heterocycles. The number of nitrogens with zero attached hydrogens (tertiary/aromatic N) is 4. The Morgan fingerprint density at radius 3 is 2.47 bits per heavy atom. The second-order valence-electron chi connectivity index (χ2n) is 8.67. The Balaban J connectivity index is 1.52. The lowest BCUT2D eigenvalue weighted by Gasteiger charge is -2.31. The highest BCUT2D eigenvalue weighted by molar-refractivity contribution is 5.76. The zero-order chi connectivity index (χ0) is 22.9. The standard InChI is InChI=1S/C23H24F4N4O/c24-18-7-5-17(6-8-18)13-31-20-14-30(10-9-19(20)22(29-31)23(25,26)27)21(32)11-15-1-3-16(12-28)4-2-15/h5-8,15-16H,1-4,9-11,13-14H2/t15-,16-. The van der Waals surface area contributed by atoms with Crippen LogP contribution in [0.5, 0.6) is 0 Å². The van der Waals surface area contributed by atoms with Gasteiger partial charge in [0.2, 0.25) is 5.91 Å². The van der Waals surface area contributed by atoms with E-state index in [-0.39, 0.29) is 49.4 Å². The Labute approximate surface area is 183 Å². The molecule has 2 heterocycles. The third-order valence-corrected chi connectivity index (χ3v) is 6.50. The van der Waals surface area contributed by atoms with E-state index in [4.69, 9.17) is 5.26 Å². The summed E-state index contributed by atoms with van der Waals surface area (Å²) in [6.45, 7) is 0.371. The van der Waals surface area contributed by atoms with Crippen LogP contribution in [-0.2, 0) is 30.5 Å². The van der Waals surface area contributed by atoms with Gasteiger partial charge in [-0.05, 0) is 55.7 Å². The predicted octanol–water partition coefficient (Wildman–Crippen LogP) is 4.69. The zero-order valence-corrected chi connectivity index (χ0v) is 17.5. The van der Waals surface area contributed by atoms with Gasteiger partial charge in [0.05, 0.1) is 24.9 Å². The molecule has 0 radical (unpaired) electrons. The van der Waals surface area contributed by atoms with Crippen molar-refractivity contribution in [3.05, 3.63) is 52.6 Å². The molecule has 0 atom stereocenters. The summed E-state index contributed by atoms with van der Waals surface area (Å²) in [4.78, 5) is 14.5. The van der Waals surface area contributed by atoms with Gasteiger partial charge in [-0.3, -0.25) is 9.48 Å². The van der Waals surface area contributed by atoms with Crippen molar-refractivity contribution in [1.29, 1.82) is 5.26 Å². The van der Waals surface area contributed by atoms with Gasteiger partial charge in [0.1, 0.15) is 5.82 Å². The number of benzene rings is 1. The van der Waals surface area contributed by atoms with Crippen molar-refractivity contribution in [2.45, 2.75) is 57.8 Å². The SMILES string of the molecule is N#C[C@H]1CC[C@H](CC(=O)N2CCc3c(C(F)(F)F)nn(Cc4ccc(F)cc4)c3C2)CC1. The normalized spacial score (nSPS) is 21.2. The number of amides is 1. The molecule has 0 unspecified atom stereocenters. The number of hydrogen-bond acceptors (Lipinski definition) is 3. The maximum absolute atomic E-state index is 13.6. The Morgan fingerprint density at radius 1 is 1.16 bits per heavy atom. The first-order chi connectivity index (χ1) is 15.2. The van der Waals surface area contributed by atoms with E-state index in [1.165, 1.54) is 28.9 Å². The molecule has 170 valence electrons. The maximum Gasteiger partial charge on any atom is 0.435 e. The van der Waals surface area contributed by atoms with E-state index in [1.807, 2.05) is 0 Å². The second-order valence-corrected chi connectivity index (χ2v) is 8.67. The van der Waals surface area contributed by atoms with Crippen LogP contribution in [0.15, 0.2) is 24.3 Å². The molecule has 5 nitrogen and oxygen atoms in total. The Bertz CT molecular complexity index is 1010. The molecule has 9 heteroatoms. The third kappa shape index (κ3) is 4.79. The van der Waals surface area contributed by atoms with E-state index < -0.39 is 17.7 Å². The van der Waals surface area contributed by atoms with Crippen molar-refractivity contribution in [1.82, 2.24) is 14.7 Å². The number of nitriles is 1. The molecule has 1 saturated carbocycles. The van der Waals surface area contributed by atoms with Crippen LogP contribution in [-0.4, -0.2) is 27.1 Å². The van der Waals surface area contributed by atoms with E-state index >= 15 is 0 Å². The lowest BCUT2D eigenvalue weighted by atomic mass is 9.81. The summed E-state index contributed by atoms with van der Waals surface area (Å²) in [5.74, 6) is -0.226. The van der Waals surface area contributed by atoms with E-state index in [0.29, 0.717) is 17.7 Å². The topological polar surface area (TPSA) is 61.9 Å². The average Bonchev–Trinajstić information content (AvgIpc) is 3.14. The molecule has 0 spiro atoms. The monoisotopic (exact) mass is 448 g/mol. The fourth-order valence-electron chi connectivity index (χ4n) is 4.69. The van der Waals surface area contributed by atoms with Crippen LogP contribution in [0.25, 0.3) is 0 Å². The number of carbonyl (C=O) groups excluding carboxylic acids is 1. The van der Waals surface area contributed by atoms with Gasteiger partial charge in [0.25, 0.3) is 0 Å². The predicted molar refractivity (Wildman–Crippen MR) is 108 cm³/mol. The van der Waals surface area contributed by atoms with Crippen molar-refractivity contribution in [3.63, 3.8) is 0 Å². The van der Waals surface area contributed by atoms with E-state index in [2.05, 4.69) is 11.2 Å². The van der Waals surface area contributed by atoms with Crippen LogP contribution >= 0.6 is 0 Å². The Hall–Kier alpha value is -2.89. The fourth-order valence-corrected chi connectivity index (χ4v) is 4.69. The van der Waals surface area contributed by atoms with Crippen LogP contribution < -0.4 is 0 Å². The van der Waals surface area contributed by atoms with Crippen molar-refractivity contribution in [3.8, 4) is 6.07 Å². The van der Waals surface area contributed by atoms with E-state index in [9.17, 15) is 22.4 Å².